The summed E-state index contributed by atoms with van der Waals surface area (Å²) >= 11 is 0. The van der Waals surface area contributed by atoms with Crippen LogP contribution in [0, 0.1) is 6.92 Å². The second-order valence-corrected chi connectivity index (χ2v) is 6.69. The summed E-state index contributed by atoms with van der Waals surface area (Å²) in [5, 5.41) is 0. The van der Waals surface area contributed by atoms with Crippen LogP contribution in [0.4, 0.5) is 0 Å². The van der Waals surface area contributed by atoms with Gasteiger partial charge in [0.15, 0.2) is 5.78 Å². The molecule has 1 unspecified atom stereocenters. The Balaban J connectivity index is 1.61. The number of benzene rings is 3. The van der Waals surface area contributed by atoms with E-state index in [-0.39, 0.29) is 17.9 Å². The molecule has 0 N–H and O–H groups in total. The Morgan fingerprint density at radius 1 is 0.840 bits per heavy atom. The van der Waals surface area contributed by atoms with E-state index < -0.39 is 0 Å². The summed E-state index contributed by atoms with van der Waals surface area (Å²) in [4.78, 5) is 15.3. The fourth-order valence-electron chi connectivity index (χ4n) is 3.47. The number of hydrogen-bond donors (Lipinski definition) is 0. The highest BCUT2D eigenvalue weighted by atomic mass is 16.1. The van der Waals surface area contributed by atoms with Crippen molar-refractivity contribution in [2.24, 2.45) is 0 Å². The molecule has 1 aliphatic rings. The lowest BCUT2D eigenvalue weighted by Crippen LogP contribution is -2.13. The molecule has 25 heavy (non-hydrogen) atoms. The number of ketones is 1. The van der Waals surface area contributed by atoms with Gasteiger partial charge in [-0.2, -0.15) is 0 Å². The summed E-state index contributed by atoms with van der Waals surface area (Å²) in [6.45, 7) is 2.84. The quantitative estimate of drug-likeness (QED) is 0.495. The van der Waals surface area contributed by atoms with Gasteiger partial charge in [0.2, 0.25) is 0 Å². The molecule has 0 amide bonds. The van der Waals surface area contributed by atoms with Crippen LogP contribution in [-0.4, -0.2) is 16.7 Å². The second-order valence-electron chi connectivity index (χ2n) is 6.69. The number of aryl methyl sites for hydroxylation is 1. The van der Waals surface area contributed by atoms with E-state index in [0.717, 1.165) is 12.1 Å². The molecule has 2 heteroatoms. The minimum Gasteiger partial charge on any atom is -0.292 e. The third kappa shape index (κ3) is 3.26. The van der Waals surface area contributed by atoms with Gasteiger partial charge < -0.3 is 0 Å². The molecule has 0 spiro atoms. The first-order chi connectivity index (χ1) is 12.2. The second kappa shape index (κ2) is 6.66. The molecule has 0 saturated carbocycles. The molecule has 4 rings (SSSR count). The van der Waals surface area contributed by atoms with E-state index in [1.807, 2.05) is 67.6 Å². The van der Waals surface area contributed by atoms with Gasteiger partial charge in [-0.25, -0.2) is 0 Å². The van der Waals surface area contributed by atoms with Crippen LogP contribution in [0.1, 0.15) is 33.1 Å². The van der Waals surface area contributed by atoms with E-state index in [1.54, 1.807) is 0 Å². The van der Waals surface area contributed by atoms with Crippen molar-refractivity contribution in [2.45, 2.75) is 25.6 Å². The van der Waals surface area contributed by atoms with E-state index in [0.29, 0.717) is 0 Å². The molecule has 0 radical (unpaired) electrons. The van der Waals surface area contributed by atoms with E-state index in [1.165, 1.54) is 16.7 Å². The molecule has 2 nitrogen and oxygen atoms in total. The van der Waals surface area contributed by atoms with Crippen molar-refractivity contribution in [3.63, 3.8) is 0 Å². The van der Waals surface area contributed by atoms with Crippen molar-refractivity contribution >= 4 is 5.78 Å². The molecule has 0 aliphatic carbocycles. The van der Waals surface area contributed by atoms with Crippen LogP contribution in [0.5, 0.6) is 0 Å². The van der Waals surface area contributed by atoms with E-state index in [2.05, 4.69) is 29.2 Å². The average Bonchev–Trinajstić information content (AvgIpc) is 3.37. The Hall–Kier alpha value is -2.71. The van der Waals surface area contributed by atoms with Gasteiger partial charge >= 0.3 is 0 Å². The molecular formula is C23H21NO. The zero-order chi connectivity index (χ0) is 17.2. The molecule has 1 saturated heterocycles. The van der Waals surface area contributed by atoms with Crippen LogP contribution < -0.4 is 0 Å². The molecule has 1 heterocycles. The van der Waals surface area contributed by atoms with E-state index >= 15 is 0 Å². The summed E-state index contributed by atoms with van der Waals surface area (Å²) in [5.74, 6) is 0.213. The Kier molecular flexibility index (Phi) is 4.21. The lowest BCUT2D eigenvalue weighted by atomic mass is 10.0. The fraction of sp³-hybridized carbons (Fsp3) is 0.174. The summed E-state index contributed by atoms with van der Waals surface area (Å²) in [5.41, 5.74) is 4.42. The lowest BCUT2D eigenvalue weighted by Gasteiger charge is -2.04. The first-order valence-electron chi connectivity index (χ1n) is 8.69. The summed E-state index contributed by atoms with van der Waals surface area (Å²) in [6.07, 6.45) is 0. The van der Waals surface area contributed by atoms with Gasteiger partial charge in [-0.3, -0.25) is 9.69 Å². The van der Waals surface area contributed by atoms with Crippen LogP contribution in [-0.2, 0) is 6.54 Å². The number of nitrogens with zero attached hydrogens (tertiary/aromatic N) is 1. The monoisotopic (exact) mass is 327 g/mol. The standard InChI is InChI=1S/C23H21NO/c1-17-12-14-20(15-13-17)23(25)22-21(19-10-6-3-7-11-19)24(22)16-18-8-4-2-5-9-18/h2-15,21-22H,16H2,1H3/t21-,22+,24?/m1/s1. The molecule has 3 atom stereocenters. The molecule has 0 bridgehead atoms. The Morgan fingerprint density at radius 2 is 1.44 bits per heavy atom. The lowest BCUT2D eigenvalue weighted by molar-refractivity contribution is 0.0973. The van der Waals surface area contributed by atoms with Crippen LogP contribution in [0.25, 0.3) is 0 Å². The van der Waals surface area contributed by atoms with Crippen LogP contribution >= 0.6 is 0 Å². The third-order valence-electron chi connectivity index (χ3n) is 4.88. The SMILES string of the molecule is Cc1ccc(C(=O)[C@@H]2[C@@H](c3ccccc3)N2Cc2ccccc2)cc1. The van der Waals surface area contributed by atoms with Crippen molar-refractivity contribution in [1.29, 1.82) is 0 Å². The van der Waals surface area contributed by atoms with Crippen molar-refractivity contribution in [2.75, 3.05) is 0 Å². The van der Waals surface area contributed by atoms with Crippen LogP contribution in [0.15, 0.2) is 84.9 Å². The first-order valence-corrected chi connectivity index (χ1v) is 8.69. The normalized spacial score (nSPS) is 21.7. The first kappa shape index (κ1) is 15.8. The Bertz CT molecular complexity index is 856. The predicted molar refractivity (Wildman–Crippen MR) is 100 cm³/mol. The maximum Gasteiger partial charge on any atom is 0.181 e. The van der Waals surface area contributed by atoms with Gasteiger partial charge in [0, 0.05) is 12.1 Å². The number of hydrogen-bond acceptors (Lipinski definition) is 2. The number of carbonyl (C=O) groups excluding carboxylic acids is 1. The van der Waals surface area contributed by atoms with Gasteiger partial charge in [0.05, 0.1) is 12.1 Å². The van der Waals surface area contributed by atoms with Gasteiger partial charge in [0.25, 0.3) is 0 Å². The highest BCUT2D eigenvalue weighted by molar-refractivity contribution is 6.02. The van der Waals surface area contributed by atoms with E-state index in [4.69, 9.17) is 0 Å². The Labute approximate surface area is 148 Å². The van der Waals surface area contributed by atoms with Crippen LogP contribution in [0.2, 0.25) is 0 Å². The van der Waals surface area contributed by atoms with Gasteiger partial charge in [-0.15, -0.1) is 0 Å². The zero-order valence-corrected chi connectivity index (χ0v) is 14.3. The maximum atomic E-state index is 13.1. The largest absolute Gasteiger partial charge is 0.292 e. The van der Waals surface area contributed by atoms with Crippen molar-refractivity contribution in [3.05, 3.63) is 107 Å². The predicted octanol–water partition coefficient (Wildman–Crippen LogP) is 4.80. The van der Waals surface area contributed by atoms with Crippen molar-refractivity contribution < 1.29 is 4.79 Å². The minimum atomic E-state index is -0.0784. The van der Waals surface area contributed by atoms with Crippen LogP contribution in [0.3, 0.4) is 0 Å². The number of carbonyl (C=O) groups is 1. The minimum absolute atomic E-state index is 0.0784. The molecule has 3 aromatic rings. The van der Waals surface area contributed by atoms with Gasteiger partial charge in [0.1, 0.15) is 0 Å². The molecule has 0 aromatic heterocycles. The van der Waals surface area contributed by atoms with Crippen molar-refractivity contribution in [1.82, 2.24) is 4.90 Å². The fourth-order valence-corrected chi connectivity index (χ4v) is 3.47. The summed E-state index contributed by atoms with van der Waals surface area (Å²) in [6, 6.07) is 28.7. The van der Waals surface area contributed by atoms with Gasteiger partial charge in [-0.1, -0.05) is 90.5 Å². The summed E-state index contributed by atoms with van der Waals surface area (Å²) in [7, 11) is 0. The average molecular weight is 327 g/mol. The Morgan fingerprint density at radius 3 is 2.08 bits per heavy atom. The zero-order valence-electron chi connectivity index (χ0n) is 14.3. The maximum absolute atomic E-state index is 13.1. The topological polar surface area (TPSA) is 20.1 Å². The third-order valence-corrected chi connectivity index (χ3v) is 4.88. The number of rotatable bonds is 5. The van der Waals surface area contributed by atoms with E-state index in [9.17, 15) is 4.79 Å². The van der Waals surface area contributed by atoms with Gasteiger partial charge in [-0.05, 0) is 18.1 Å². The molecule has 1 fully saturated rings. The molecule has 3 aromatic carbocycles. The molecule has 1 aliphatic heterocycles. The molecular weight excluding hydrogens is 306 g/mol. The smallest absolute Gasteiger partial charge is 0.181 e. The highest BCUT2D eigenvalue weighted by Gasteiger charge is 2.52. The summed E-state index contributed by atoms with van der Waals surface area (Å²) < 4.78 is 0. The van der Waals surface area contributed by atoms with Crippen molar-refractivity contribution in [3.8, 4) is 0 Å². The highest BCUT2D eigenvalue weighted by Crippen LogP contribution is 2.45. The molecule has 124 valence electrons. The number of Topliss-reactive ketones (excluding diaryl/α,β-unsaturated/α-hetero) is 1.